The van der Waals surface area contributed by atoms with Crippen LogP contribution in [0.4, 0.5) is 10.1 Å². The third-order valence-electron chi connectivity index (χ3n) is 3.60. The van der Waals surface area contributed by atoms with Crippen LogP contribution in [0.3, 0.4) is 0 Å². The van der Waals surface area contributed by atoms with Crippen molar-refractivity contribution in [2.75, 3.05) is 11.9 Å². The van der Waals surface area contributed by atoms with E-state index < -0.39 is 36.4 Å². The molecule has 1 heterocycles. The highest BCUT2D eigenvalue weighted by Crippen LogP contribution is 2.18. The van der Waals surface area contributed by atoms with Gasteiger partial charge in [-0.25, -0.2) is 9.37 Å². The first-order valence-electron chi connectivity index (χ1n) is 7.79. The van der Waals surface area contributed by atoms with Gasteiger partial charge in [0.2, 0.25) is 0 Å². The fourth-order valence-corrected chi connectivity index (χ4v) is 2.49. The monoisotopic (exact) mass is 389 g/mol. The van der Waals surface area contributed by atoms with Crippen molar-refractivity contribution in [1.82, 2.24) is 9.55 Å². The smallest absolute Gasteiger partial charge is 0.326 e. The van der Waals surface area contributed by atoms with Crippen molar-refractivity contribution in [3.63, 3.8) is 0 Å². The van der Waals surface area contributed by atoms with Crippen LogP contribution in [-0.4, -0.2) is 28.0 Å². The van der Waals surface area contributed by atoms with Crippen molar-refractivity contribution in [2.45, 2.75) is 6.54 Å². The number of esters is 1. The Hall–Kier alpha value is -3.26. The highest BCUT2D eigenvalue weighted by molar-refractivity contribution is 6.30. The molecular weight excluding hydrogens is 377 g/mol. The molecular formula is C18H13ClFN3O4. The number of carbonyl (C=O) groups is 2. The Bertz CT molecular complexity index is 1080. The van der Waals surface area contributed by atoms with Gasteiger partial charge in [0, 0.05) is 5.02 Å². The molecule has 0 bridgehead atoms. The zero-order valence-electron chi connectivity index (χ0n) is 13.8. The molecule has 0 fully saturated rings. The summed E-state index contributed by atoms with van der Waals surface area (Å²) in [5.74, 6) is -2.24. The maximum absolute atomic E-state index is 13.6. The van der Waals surface area contributed by atoms with Crippen LogP contribution < -0.4 is 10.9 Å². The average molecular weight is 390 g/mol. The Morgan fingerprint density at radius 3 is 2.78 bits per heavy atom. The second-order valence-corrected chi connectivity index (χ2v) is 5.96. The Kier molecular flexibility index (Phi) is 5.46. The normalized spacial score (nSPS) is 10.6. The van der Waals surface area contributed by atoms with Crippen LogP contribution in [0.5, 0.6) is 0 Å². The van der Waals surface area contributed by atoms with E-state index in [0.717, 1.165) is 10.6 Å². The number of nitrogens with zero attached hydrogens (tertiary/aromatic N) is 2. The van der Waals surface area contributed by atoms with Crippen molar-refractivity contribution in [2.24, 2.45) is 0 Å². The second-order valence-electron chi connectivity index (χ2n) is 5.53. The summed E-state index contributed by atoms with van der Waals surface area (Å²) in [5, 5.41) is 2.81. The number of rotatable bonds is 5. The molecule has 27 heavy (non-hydrogen) atoms. The van der Waals surface area contributed by atoms with E-state index in [1.54, 1.807) is 24.3 Å². The molecule has 0 aliphatic rings. The number of amides is 1. The topological polar surface area (TPSA) is 90.3 Å². The van der Waals surface area contributed by atoms with Gasteiger partial charge < -0.3 is 10.1 Å². The van der Waals surface area contributed by atoms with Gasteiger partial charge in [0.05, 0.1) is 22.9 Å². The van der Waals surface area contributed by atoms with Gasteiger partial charge in [-0.05, 0) is 30.3 Å². The molecule has 0 aliphatic heterocycles. The zero-order chi connectivity index (χ0) is 19.4. The number of ether oxygens (including phenoxy) is 1. The molecule has 1 N–H and O–H groups in total. The summed E-state index contributed by atoms with van der Waals surface area (Å²) in [7, 11) is 0. The van der Waals surface area contributed by atoms with Crippen LogP contribution in [-0.2, 0) is 20.9 Å². The number of nitrogens with one attached hydrogen (secondary N) is 1. The lowest BCUT2D eigenvalue weighted by Gasteiger charge is -2.09. The first-order valence-corrected chi connectivity index (χ1v) is 8.16. The fraction of sp³-hybridized carbons (Fsp3) is 0.111. The molecule has 9 heteroatoms. The molecule has 0 spiro atoms. The second kappa shape index (κ2) is 7.96. The minimum Gasteiger partial charge on any atom is -0.454 e. The molecule has 0 saturated carbocycles. The SMILES string of the molecule is O=C(COC(=O)Cn1cnc2ccccc2c1=O)Nc1ccc(Cl)cc1F. The van der Waals surface area contributed by atoms with E-state index >= 15 is 0 Å². The minimum absolute atomic E-state index is 0.0876. The lowest BCUT2D eigenvalue weighted by atomic mass is 10.2. The Balaban J connectivity index is 1.59. The number of hydrogen-bond donors (Lipinski definition) is 1. The minimum atomic E-state index is -0.805. The predicted octanol–water partition coefficient (Wildman–Crippen LogP) is 2.37. The standard InChI is InChI=1S/C18H13ClFN3O4/c19-11-5-6-15(13(20)7-11)22-16(24)9-27-17(25)8-23-10-21-14-4-2-1-3-12(14)18(23)26/h1-7,10H,8-9H2,(H,22,24). The van der Waals surface area contributed by atoms with Gasteiger partial charge in [-0.3, -0.25) is 19.0 Å². The molecule has 3 aromatic rings. The van der Waals surface area contributed by atoms with E-state index in [2.05, 4.69) is 10.3 Å². The fourth-order valence-electron chi connectivity index (χ4n) is 2.33. The Morgan fingerprint density at radius 2 is 2.00 bits per heavy atom. The summed E-state index contributed by atoms with van der Waals surface area (Å²) < 4.78 is 19.5. The van der Waals surface area contributed by atoms with Crippen molar-refractivity contribution in [1.29, 1.82) is 0 Å². The lowest BCUT2D eigenvalue weighted by Crippen LogP contribution is -2.28. The van der Waals surface area contributed by atoms with Crippen LogP contribution >= 0.6 is 11.6 Å². The first kappa shape index (κ1) is 18.5. The van der Waals surface area contributed by atoms with E-state index in [4.69, 9.17) is 16.3 Å². The third kappa shape index (κ3) is 4.48. The number of anilines is 1. The van der Waals surface area contributed by atoms with Crippen LogP contribution in [0.25, 0.3) is 10.9 Å². The summed E-state index contributed by atoms with van der Waals surface area (Å²) in [6.45, 7) is -1.03. The summed E-state index contributed by atoms with van der Waals surface area (Å²) in [5.41, 5.74) is 0.0251. The highest BCUT2D eigenvalue weighted by Gasteiger charge is 2.12. The van der Waals surface area contributed by atoms with Gasteiger partial charge in [0.25, 0.3) is 11.5 Å². The van der Waals surface area contributed by atoms with Crippen molar-refractivity contribution < 1.29 is 18.7 Å². The molecule has 0 atom stereocenters. The van der Waals surface area contributed by atoms with Gasteiger partial charge in [-0.2, -0.15) is 0 Å². The predicted molar refractivity (Wildman–Crippen MR) is 97.0 cm³/mol. The number of aromatic nitrogens is 2. The molecule has 0 aliphatic carbocycles. The van der Waals surface area contributed by atoms with Gasteiger partial charge >= 0.3 is 5.97 Å². The van der Waals surface area contributed by atoms with Crippen molar-refractivity contribution >= 4 is 40.1 Å². The van der Waals surface area contributed by atoms with Crippen LogP contribution in [0.15, 0.2) is 53.6 Å². The van der Waals surface area contributed by atoms with Gasteiger partial charge in [0.1, 0.15) is 12.4 Å². The van der Waals surface area contributed by atoms with Crippen LogP contribution in [0, 0.1) is 5.82 Å². The average Bonchev–Trinajstić information content (AvgIpc) is 2.65. The molecule has 1 aromatic heterocycles. The number of carbonyl (C=O) groups excluding carboxylic acids is 2. The van der Waals surface area contributed by atoms with Crippen molar-refractivity contribution in [3.05, 3.63) is 70.0 Å². The first-order chi connectivity index (χ1) is 12.9. The summed E-state index contributed by atoms with van der Waals surface area (Å²) in [6, 6.07) is 10.5. The molecule has 0 saturated heterocycles. The molecule has 3 rings (SSSR count). The van der Waals surface area contributed by atoms with E-state index in [1.807, 2.05) is 0 Å². The summed E-state index contributed by atoms with van der Waals surface area (Å²) in [4.78, 5) is 40.0. The van der Waals surface area contributed by atoms with Gasteiger partial charge in [-0.1, -0.05) is 23.7 Å². The van der Waals surface area contributed by atoms with E-state index in [1.165, 1.54) is 18.5 Å². The van der Waals surface area contributed by atoms with Crippen molar-refractivity contribution in [3.8, 4) is 0 Å². The molecule has 0 unspecified atom stereocenters. The third-order valence-corrected chi connectivity index (χ3v) is 3.84. The zero-order valence-corrected chi connectivity index (χ0v) is 14.6. The molecule has 7 nitrogen and oxygen atoms in total. The quantitative estimate of drug-likeness (QED) is 0.676. The highest BCUT2D eigenvalue weighted by atomic mass is 35.5. The maximum atomic E-state index is 13.6. The largest absolute Gasteiger partial charge is 0.454 e. The molecule has 0 radical (unpaired) electrons. The van der Waals surface area contributed by atoms with Gasteiger partial charge in [0.15, 0.2) is 6.61 Å². The van der Waals surface area contributed by atoms with E-state index in [0.29, 0.717) is 10.9 Å². The van der Waals surface area contributed by atoms with Gasteiger partial charge in [-0.15, -0.1) is 0 Å². The Morgan fingerprint density at radius 1 is 1.22 bits per heavy atom. The summed E-state index contributed by atoms with van der Waals surface area (Å²) in [6.07, 6.45) is 1.23. The number of hydrogen-bond acceptors (Lipinski definition) is 5. The van der Waals surface area contributed by atoms with E-state index in [-0.39, 0.29) is 10.7 Å². The Labute approximate surface area is 157 Å². The lowest BCUT2D eigenvalue weighted by molar-refractivity contribution is -0.147. The van der Waals surface area contributed by atoms with Crippen LogP contribution in [0.1, 0.15) is 0 Å². The molecule has 1 amide bonds. The van der Waals surface area contributed by atoms with E-state index in [9.17, 15) is 18.8 Å². The number of para-hydroxylation sites is 1. The summed E-state index contributed by atoms with van der Waals surface area (Å²) >= 11 is 5.63. The van der Waals surface area contributed by atoms with Crippen LogP contribution in [0.2, 0.25) is 5.02 Å². The number of halogens is 2. The molecule has 138 valence electrons. The maximum Gasteiger partial charge on any atom is 0.326 e. The number of fused-ring (bicyclic) bond motifs is 1. The number of benzene rings is 2. The molecule has 2 aromatic carbocycles.